The van der Waals surface area contributed by atoms with E-state index >= 15 is 0 Å². The lowest BCUT2D eigenvalue weighted by Gasteiger charge is -2.34. The minimum Gasteiger partial charge on any atom is -0.385 e. The zero-order valence-electron chi connectivity index (χ0n) is 8.68. The Morgan fingerprint density at radius 3 is 2.92 bits per heavy atom. The molecule has 0 aromatic heterocycles. The molecular formula is C11H20O2. The summed E-state index contributed by atoms with van der Waals surface area (Å²) in [5.41, 5.74) is -0.228. The summed E-state index contributed by atoms with van der Waals surface area (Å²) in [7, 11) is 0. The molecule has 76 valence electrons. The van der Waals surface area contributed by atoms with Gasteiger partial charge in [-0.25, -0.2) is 0 Å². The van der Waals surface area contributed by atoms with Gasteiger partial charge >= 0.3 is 0 Å². The first-order valence-corrected chi connectivity index (χ1v) is 5.32. The highest BCUT2D eigenvalue weighted by Gasteiger charge is 2.39. The number of hydrogen-bond donors (Lipinski definition) is 1. The van der Waals surface area contributed by atoms with Crippen molar-refractivity contribution in [3.63, 3.8) is 0 Å². The Kier molecular flexibility index (Phi) is 3.48. The molecule has 2 heteroatoms. The van der Waals surface area contributed by atoms with E-state index in [1.165, 1.54) is 0 Å². The van der Waals surface area contributed by atoms with Crippen LogP contribution in [0.1, 0.15) is 52.4 Å². The van der Waals surface area contributed by atoms with E-state index in [1.807, 2.05) is 6.92 Å². The lowest BCUT2D eigenvalue weighted by molar-refractivity contribution is -0.141. The van der Waals surface area contributed by atoms with Crippen molar-refractivity contribution >= 4 is 5.78 Å². The fourth-order valence-electron chi connectivity index (χ4n) is 2.16. The molecule has 2 nitrogen and oxygen atoms in total. The molecule has 1 rings (SSSR count). The molecule has 0 aliphatic heterocycles. The molecule has 2 atom stereocenters. The lowest BCUT2D eigenvalue weighted by atomic mass is 9.70. The Morgan fingerprint density at radius 2 is 2.31 bits per heavy atom. The normalized spacial score (nSPS) is 35.0. The van der Waals surface area contributed by atoms with Gasteiger partial charge in [-0.3, -0.25) is 4.79 Å². The molecule has 1 fully saturated rings. The number of Topliss-reactive ketones (excluding diaryl/α,β-unsaturated/α-hetero) is 1. The van der Waals surface area contributed by atoms with Crippen LogP contribution in [0.3, 0.4) is 0 Å². The van der Waals surface area contributed by atoms with E-state index in [9.17, 15) is 9.90 Å². The predicted molar refractivity (Wildman–Crippen MR) is 52.5 cm³/mol. The fraction of sp³-hybridized carbons (Fsp3) is 0.909. The Morgan fingerprint density at radius 1 is 1.62 bits per heavy atom. The van der Waals surface area contributed by atoms with Crippen LogP contribution in [0.25, 0.3) is 0 Å². The van der Waals surface area contributed by atoms with Crippen molar-refractivity contribution in [2.75, 3.05) is 0 Å². The maximum absolute atomic E-state index is 11.7. The summed E-state index contributed by atoms with van der Waals surface area (Å²) in [4.78, 5) is 11.7. The van der Waals surface area contributed by atoms with Gasteiger partial charge in [0, 0.05) is 5.41 Å². The molecule has 13 heavy (non-hydrogen) atoms. The van der Waals surface area contributed by atoms with E-state index in [0.29, 0.717) is 6.42 Å². The van der Waals surface area contributed by atoms with Gasteiger partial charge in [-0.1, -0.05) is 26.7 Å². The summed E-state index contributed by atoms with van der Waals surface area (Å²) in [6.07, 6.45) is 5.10. The third kappa shape index (κ3) is 2.31. The van der Waals surface area contributed by atoms with Gasteiger partial charge in [0.05, 0.1) is 0 Å². The van der Waals surface area contributed by atoms with Crippen LogP contribution in [-0.4, -0.2) is 17.0 Å². The van der Waals surface area contributed by atoms with Crippen LogP contribution in [-0.2, 0) is 4.79 Å². The van der Waals surface area contributed by atoms with Gasteiger partial charge in [-0.2, -0.15) is 0 Å². The molecule has 1 aliphatic rings. The van der Waals surface area contributed by atoms with E-state index in [0.717, 1.165) is 32.1 Å². The first-order valence-electron chi connectivity index (χ1n) is 5.32. The van der Waals surface area contributed by atoms with Gasteiger partial charge in [0.1, 0.15) is 6.10 Å². The van der Waals surface area contributed by atoms with Crippen molar-refractivity contribution in [1.29, 1.82) is 0 Å². The Bertz CT molecular complexity index is 189. The van der Waals surface area contributed by atoms with Crippen LogP contribution in [0.5, 0.6) is 0 Å². The zero-order chi connectivity index (χ0) is 9.90. The van der Waals surface area contributed by atoms with E-state index < -0.39 is 6.10 Å². The Labute approximate surface area is 80.3 Å². The topological polar surface area (TPSA) is 37.3 Å². The molecule has 0 aromatic carbocycles. The summed E-state index contributed by atoms with van der Waals surface area (Å²) >= 11 is 0. The summed E-state index contributed by atoms with van der Waals surface area (Å²) in [6.45, 7) is 4.14. The van der Waals surface area contributed by atoms with Crippen molar-refractivity contribution in [2.24, 2.45) is 5.41 Å². The molecule has 1 N–H and O–H groups in total. The Balaban J connectivity index is 2.58. The fourth-order valence-corrected chi connectivity index (χ4v) is 2.16. The number of carbonyl (C=O) groups excluding carboxylic acids is 1. The van der Waals surface area contributed by atoms with Crippen LogP contribution < -0.4 is 0 Å². The van der Waals surface area contributed by atoms with Crippen molar-refractivity contribution < 1.29 is 9.90 Å². The summed E-state index contributed by atoms with van der Waals surface area (Å²) in [6, 6.07) is 0. The average Bonchev–Trinajstić information content (AvgIpc) is 2.11. The number of rotatable bonds is 3. The highest BCUT2D eigenvalue weighted by atomic mass is 16.3. The number of unbranched alkanes of at least 4 members (excludes halogenated alkanes) is 1. The van der Waals surface area contributed by atoms with Gasteiger partial charge in [0.2, 0.25) is 0 Å². The molecule has 1 saturated carbocycles. The third-order valence-corrected chi connectivity index (χ3v) is 3.19. The molecule has 0 heterocycles. The smallest absolute Gasteiger partial charge is 0.167 e. The van der Waals surface area contributed by atoms with Gasteiger partial charge in [0.25, 0.3) is 0 Å². The highest BCUT2D eigenvalue weighted by molar-refractivity contribution is 5.88. The first-order chi connectivity index (χ1) is 6.10. The molecule has 0 bridgehead atoms. The SMILES string of the molecule is CCCCC1(C)CCCC(O)C1=O. The van der Waals surface area contributed by atoms with E-state index in [2.05, 4.69) is 6.92 Å². The quantitative estimate of drug-likeness (QED) is 0.730. The van der Waals surface area contributed by atoms with Crippen molar-refractivity contribution in [2.45, 2.75) is 58.5 Å². The molecule has 0 amide bonds. The first kappa shape index (κ1) is 10.7. The average molecular weight is 184 g/mol. The van der Waals surface area contributed by atoms with Gasteiger partial charge in [-0.15, -0.1) is 0 Å². The van der Waals surface area contributed by atoms with Crippen LogP contribution >= 0.6 is 0 Å². The largest absolute Gasteiger partial charge is 0.385 e. The second kappa shape index (κ2) is 4.23. The molecule has 0 spiro atoms. The van der Waals surface area contributed by atoms with Crippen LogP contribution in [0.2, 0.25) is 0 Å². The molecule has 1 aliphatic carbocycles. The van der Waals surface area contributed by atoms with Crippen LogP contribution in [0.15, 0.2) is 0 Å². The molecule has 0 saturated heterocycles. The summed E-state index contributed by atoms with van der Waals surface area (Å²) in [5, 5.41) is 9.46. The number of carbonyl (C=O) groups is 1. The number of ketones is 1. The molecule has 0 radical (unpaired) electrons. The summed E-state index contributed by atoms with van der Waals surface area (Å²) in [5.74, 6) is 0.0761. The second-order valence-electron chi connectivity index (χ2n) is 4.44. The second-order valence-corrected chi connectivity index (χ2v) is 4.44. The Hall–Kier alpha value is -0.370. The van der Waals surface area contributed by atoms with E-state index in [1.54, 1.807) is 0 Å². The molecule has 0 aromatic rings. The predicted octanol–water partition coefficient (Wildman–Crippen LogP) is 2.30. The minimum absolute atomic E-state index is 0.0761. The third-order valence-electron chi connectivity index (χ3n) is 3.19. The van der Waals surface area contributed by atoms with Gasteiger partial charge in [-0.05, 0) is 25.7 Å². The van der Waals surface area contributed by atoms with Crippen molar-refractivity contribution in [3.8, 4) is 0 Å². The molecular weight excluding hydrogens is 164 g/mol. The van der Waals surface area contributed by atoms with Gasteiger partial charge in [0.15, 0.2) is 5.78 Å². The highest BCUT2D eigenvalue weighted by Crippen LogP contribution is 2.37. The van der Waals surface area contributed by atoms with E-state index in [-0.39, 0.29) is 11.2 Å². The molecule has 2 unspecified atom stereocenters. The van der Waals surface area contributed by atoms with Crippen molar-refractivity contribution in [3.05, 3.63) is 0 Å². The number of aliphatic hydroxyl groups excluding tert-OH is 1. The standard InChI is InChI=1S/C11H20O2/c1-3-4-7-11(2)8-5-6-9(12)10(11)13/h9,12H,3-8H2,1-2H3. The van der Waals surface area contributed by atoms with Crippen LogP contribution in [0.4, 0.5) is 0 Å². The summed E-state index contributed by atoms with van der Waals surface area (Å²) < 4.78 is 0. The van der Waals surface area contributed by atoms with Crippen molar-refractivity contribution in [1.82, 2.24) is 0 Å². The monoisotopic (exact) mass is 184 g/mol. The minimum atomic E-state index is -0.685. The maximum Gasteiger partial charge on any atom is 0.167 e. The number of hydrogen-bond acceptors (Lipinski definition) is 2. The zero-order valence-corrected chi connectivity index (χ0v) is 8.68. The lowest BCUT2D eigenvalue weighted by Crippen LogP contribution is -2.40. The number of aliphatic hydroxyl groups is 1. The van der Waals surface area contributed by atoms with Gasteiger partial charge < -0.3 is 5.11 Å². The van der Waals surface area contributed by atoms with Crippen LogP contribution in [0, 0.1) is 5.41 Å². The maximum atomic E-state index is 11.7. The van der Waals surface area contributed by atoms with E-state index in [4.69, 9.17) is 0 Å².